The van der Waals surface area contributed by atoms with E-state index in [2.05, 4.69) is 36.1 Å². The van der Waals surface area contributed by atoms with E-state index in [0.717, 1.165) is 61.3 Å². The van der Waals surface area contributed by atoms with Crippen LogP contribution in [0.25, 0.3) is 38.8 Å². The number of imidazole rings is 2. The topological polar surface area (TPSA) is 95.1 Å². The molecule has 1 aliphatic rings. The van der Waals surface area contributed by atoms with E-state index in [1.54, 1.807) is 4.52 Å². The molecule has 0 aliphatic carbocycles. The molecule has 0 unspecified atom stereocenters. The molecule has 6 aromatic rings. The molecule has 0 saturated carbocycles. The van der Waals surface area contributed by atoms with E-state index in [0.29, 0.717) is 46.1 Å². The maximum atomic E-state index is 15.4. The number of rotatable bonds is 7. The molecule has 0 bridgehead atoms. The summed E-state index contributed by atoms with van der Waals surface area (Å²) in [4.78, 5) is 9.06. The van der Waals surface area contributed by atoms with Gasteiger partial charge in [0.25, 0.3) is 0 Å². The summed E-state index contributed by atoms with van der Waals surface area (Å²) in [5.41, 5.74) is 6.07. The Labute approximate surface area is 230 Å². The van der Waals surface area contributed by atoms with E-state index in [1.165, 1.54) is 6.07 Å². The molecule has 4 aromatic heterocycles. The Balaban J connectivity index is 1.15. The van der Waals surface area contributed by atoms with Gasteiger partial charge in [0, 0.05) is 29.5 Å². The Kier molecular flexibility index (Phi) is 6.31. The highest BCUT2D eigenvalue weighted by Gasteiger charge is 2.19. The van der Waals surface area contributed by atoms with Crippen LogP contribution < -0.4 is 10.1 Å². The van der Waals surface area contributed by atoms with Gasteiger partial charge in [-0.1, -0.05) is 12.1 Å². The van der Waals surface area contributed by atoms with E-state index in [4.69, 9.17) is 9.84 Å². The second kappa shape index (κ2) is 10.3. The fourth-order valence-corrected chi connectivity index (χ4v) is 5.50. The van der Waals surface area contributed by atoms with Crippen molar-refractivity contribution in [2.24, 2.45) is 0 Å². The minimum Gasteiger partial charge on any atom is -0.489 e. The van der Waals surface area contributed by atoms with Gasteiger partial charge in [0.1, 0.15) is 5.82 Å². The Morgan fingerprint density at radius 3 is 2.83 bits per heavy atom. The standard InChI is InChI=1S/C30H29FN8O/c1-19-17-39-30(34-19)29(40-12-4-11-38-18-33-24-5-2-3-6-28(24)38)16-26(37-39)21-13-23(31)22-15-25(35-36-27(22)14-21)20-7-9-32-10-8-20/h2-3,5-6,13-18,20,32H,4,7-12H2,1H3. The predicted molar refractivity (Wildman–Crippen MR) is 151 cm³/mol. The number of nitrogens with one attached hydrogen (secondary N) is 1. The van der Waals surface area contributed by atoms with Crippen molar-refractivity contribution in [2.75, 3.05) is 19.7 Å². The first-order valence-electron chi connectivity index (χ1n) is 13.7. The summed E-state index contributed by atoms with van der Waals surface area (Å²) < 4.78 is 25.5. The highest BCUT2D eigenvalue weighted by molar-refractivity contribution is 5.84. The number of ether oxygens (including phenoxy) is 1. The van der Waals surface area contributed by atoms with Crippen LogP contribution in [0.1, 0.15) is 36.6 Å². The van der Waals surface area contributed by atoms with Crippen LogP contribution in [0.5, 0.6) is 5.75 Å². The lowest BCUT2D eigenvalue weighted by Crippen LogP contribution is -2.27. The van der Waals surface area contributed by atoms with Crippen LogP contribution in [-0.2, 0) is 6.54 Å². The molecule has 1 aliphatic heterocycles. The molecule has 0 spiro atoms. The first-order chi connectivity index (χ1) is 19.6. The molecule has 40 heavy (non-hydrogen) atoms. The lowest BCUT2D eigenvalue weighted by molar-refractivity contribution is 0.304. The Bertz CT molecular complexity index is 1840. The number of benzene rings is 2. The van der Waals surface area contributed by atoms with Gasteiger partial charge in [-0.05, 0) is 69.6 Å². The zero-order valence-corrected chi connectivity index (χ0v) is 22.2. The van der Waals surface area contributed by atoms with Gasteiger partial charge in [-0.25, -0.2) is 18.9 Å². The number of halogens is 1. The van der Waals surface area contributed by atoms with Crippen LogP contribution in [0.15, 0.2) is 61.1 Å². The summed E-state index contributed by atoms with van der Waals surface area (Å²) >= 11 is 0. The third-order valence-corrected chi connectivity index (χ3v) is 7.57. The van der Waals surface area contributed by atoms with Crippen LogP contribution in [-0.4, -0.2) is 54.0 Å². The first-order valence-corrected chi connectivity index (χ1v) is 13.7. The number of aryl methyl sites for hydroxylation is 2. The second-order valence-corrected chi connectivity index (χ2v) is 10.4. The zero-order chi connectivity index (χ0) is 27.1. The van der Waals surface area contributed by atoms with Gasteiger partial charge < -0.3 is 14.6 Å². The third-order valence-electron chi connectivity index (χ3n) is 7.57. The average Bonchev–Trinajstić information content (AvgIpc) is 3.58. The van der Waals surface area contributed by atoms with E-state index in [-0.39, 0.29) is 5.82 Å². The first kappa shape index (κ1) is 24.6. The minimum absolute atomic E-state index is 0.304. The Morgan fingerprint density at radius 2 is 1.93 bits per heavy atom. The minimum atomic E-state index is -0.337. The largest absolute Gasteiger partial charge is 0.489 e. The molecule has 0 atom stereocenters. The van der Waals surface area contributed by atoms with Crippen molar-refractivity contribution in [3.8, 4) is 17.0 Å². The molecule has 202 valence electrons. The maximum Gasteiger partial charge on any atom is 0.196 e. The van der Waals surface area contributed by atoms with Crippen molar-refractivity contribution in [2.45, 2.75) is 38.6 Å². The van der Waals surface area contributed by atoms with E-state index < -0.39 is 0 Å². The number of hydrogen-bond acceptors (Lipinski definition) is 7. The molecule has 1 fully saturated rings. The van der Waals surface area contributed by atoms with Gasteiger partial charge in [-0.2, -0.15) is 15.3 Å². The monoisotopic (exact) mass is 536 g/mol. The number of hydrogen-bond donors (Lipinski definition) is 1. The molecule has 9 nitrogen and oxygen atoms in total. The normalized spacial score (nSPS) is 14.4. The van der Waals surface area contributed by atoms with Gasteiger partial charge in [0.2, 0.25) is 0 Å². The molecule has 1 saturated heterocycles. The van der Waals surface area contributed by atoms with Crippen molar-refractivity contribution in [3.63, 3.8) is 0 Å². The second-order valence-electron chi connectivity index (χ2n) is 10.4. The van der Waals surface area contributed by atoms with Crippen molar-refractivity contribution < 1.29 is 9.13 Å². The fraction of sp³-hybridized carbons (Fsp3) is 0.300. The van der Waals surface area contributed by atoms with Crippen LogP contribution >= 0.6 is 0 Å². The maximum absolute atomic E-state index is 15.4. The lowest BCUT2D eigenvalue weighted by atomic mass is 9.93. The van der Waals surface area contributed by atoms with Crippen molar-refractivity contribution in [3.05, 3.63) is 78.3 Å². The number of aromatic nitrogens is 7. The molecule has 2 aromatic carbocycles. The van der Waals surface area contributed by atoms with Crippen LogP contribution in [0.2, 0.25) is 0 Å². The van der Waals surface area contributed by atoms with E-state index >= 15 is 4.39 Å². The lowest BCUT2D eigenvalue weighted by Gasteiger charge is -2.21. The van der Waals surface area contributed by atoms with Gasteiger partial charge in [0.15, 0.2) is 11.4 Å². The smallest absolute Gasteiger partial charge is 0.196 e. The molecule has 0 amide bonds. The molecular formula is C30H29FN8O. The summed E-state index contributed by atoms with van der Waals surface area (Å²) in [5, 5.41) is 17.4. The summed E-state index contributed by atoms with van der Waals surface area (Å²) in [6.07, 6.45) is 6.44. The van der Waals surface area contributed by atoms with Gasteiger partial charge in [0.05, 0.1) is 52.8 Å². The highest BCUT2D eigenvalue weighted by Crippen LogP contribution is 2.31. The fourth-order valence-electron chi connectivity index (χ4n) is 5.50. The Hall–Kier alpha value is -4.44. The van der Waals surface area contributed by atoms with E-state index in [1.807, 2.05) is 55.8 Å². The summed E-state index contributed by atoms with van der Waals surface area (Å²) in [5.74, 6) is 0.566. The van der Waals surface area contributed by atoms with Crippen LogP contribution in [0.4, 0.5) is 4.39 Å². The van der Waals surface area contributed by atoms with Gasteiger partial charge in [-0.15, -0.1) is 0 Å². The number of fused-ring (bicyclic) bond motifs is 3. The summed E-state index contributed by atoms with van der Waals surface area (Å²) in [6.45, 7) is 5.05. The molecule has 5 heterocycles. The van der Waals surface area contributed by atoms with Crippen molar-refractivity contribution >= 4 is 27.6 Å². The van der Waals surface area contributed by atoms with E-state index in [9.17, 15) is 0 Å². The molecule has 7 rings (SSSR count). The van der Waals surface area contributed by atoms with Crippen molar-refractivity contribution in [1.29, 1.82) is 0 Å². The van der Waals surface area contributed by atoms with Crippen molar-refractivity contribution in [1.82, 2.24) is 39.7 Å². The highest BCUT2D eigenvalue weighted by atomic mass is 19.1. The van der Waals surface area contributed by atoms with Crippen LogP contribution in [0.3, 0.4) is 0 Å². The van der Waals surface area contributed by atoms with Gasteiger partial charge >= 0.3 is 0 Å². The number of nitrogens with zero attached hydrogens (tertiary/aromatic N) is 7. The molecular weight excluding hydrogens is 507 g/mol. The van der Waals surface area contributed by atoms with Gasteiger partial charge in [-0.3, -0.25) is 0 Å². The SMILES string of the molecule is Cc1cn2nc(-c3cc(F)c4cc(C5CCNCC5)nnc4c3)cc(OCCCn3cnc4ccccc43)c2n1. The Morgan fingerprint density at radius 1 is 1.05 bits per heavy atom. The molecule has 10 heteroatoms. The number of para-hydroxylation sites is 2. The molecule has 0 radical (unpaired) electrons. The van der Waals surface area contributed by atoms with Crippen LogP contribution in [0, 0.1) is 12.7 Å². The number of piperidine rings is 1. The average molecular weight is 537 g/mol. The molecule has 1 N–H and O–H groups in total. The quantitative estimate of drug-likeness (QED) is 0.285. The predicted octanol–water partition coefficient (Wildman–Crippen LogP) is 5.07. The summed E-state index contributed by atoms with van der Waals surface area (Å²) in [7, 11) is 0. The zero-order valence-electron chi connectivity index (χ0n) is 22.2. The third kappa shape index (κ3) is 4.64. The summed E-state index contributed by atoms with van der Waals surface area (Å²) in [6, 6.07) is 15.1.